The van der Waals surface area contributed by atoms with Crippen LogP contribution in [0.2, 0.25) is 0 Å². The molecule has 16 nitrogen and oxygen atoms in total. The number of fused-ring (bicyclic) bond motifs is 1. The SMILES string of the molecule is CCC#Cc1cn([C@H]2CC(OCSSC(C)(C)C)[C@@H](OP(=O)(O)OP(=O)(O)OP(=O)(O)O)O2)c2ncnc(N)c12. The Morgan fingerprint density at radius 3 is 2.50 bits per heavy atom. The summed E-state index contributed by atoms with van der Waals surface area (Å²) < 4.78 is 61.1. The van der Waals surface area contributed by atoms with Gasteiger partial charge in [0.25, 0.3) is 0 Å². The maximum absolute atomic E-state index is 12.5. The van der Waals surface area contributed by atoms with Crippen LogP contribution in [0.1, 0.15) is 52.3 Å². The summed E-state index contributed by atoms with van der Waals surface area (Å²) in [6.07, 6.45) is -0.0627. The summed E-state index contributed by atoms with van der Waals surface area (Å²) in [5.74, 6) is 6.22. The molecule has 5 atom stereocenters. The first-order valence-electron chi connectivity index (χ1n) is 11.4. The van der Waals surface area contributed by atoms with Crippen molar-refractivity contribution in [3.63, 3.8) is 0 Å². The first-order valence-corrected chi connectivity index (χ1v) is 18.2. The fourth-order valence-electron chi connectivity index (χ4n) is 3.38. The van der Waals surface area contributed by atoms with Crippen LogP contribution < -0.4 is 5.73 Å². The second kappa shape index (κ2) is 13.1. The Morgan fingerprint density at radius 1 is 1.18 bits per heavy atom. The number of nitrogens with two attached hydrogens (primary N) is 1. The first kappa shape index (κ1) is 33.5. The zero-order valence-corrected chi connectivity index (χ0v) is 26.0. The van der Waals surface area contributed by atoms with Crippen molar-refractivity contribution in [1.82, 2.24) is 14.5 Å². The minimum absolute atomic E-state index is 0.0511. The number of hydrogen-bond donors (Lipinski definition) is 5. The van der Waals surface area contributed by atoms with Gasteiger partial charge in [0.2, 0.25) is 0 Å². The van der Waals surface area contributed by atoms with Crippen LogP contribution in [0.15, 0.2) is 12.5 Å². The Balaban J connectivity index is 1.88. The Hall–Kier alpha value is -0.990. The van der Waals surface area contributed by atoms with Crippen molar-refractivity contribution < 1.29 is 55.9 Å². The van der Waals surface area contributed by atoms with Gasteiger partial charge in [0.15, 0.2) is 6.29 Å². The Bertz CT molecular complexity index is 1420. The van der Waals surface area contributed by atoms with Gasteiger partial charge in [-0.3, -0.25) is 4.52 Å². The van der Waals surface area contributed by atoms with E-state index in [-0.39, 0.29) is 22.9 Å². The van der Waals surface area contributed by atoms with E-state index in [2.05, 4.69) is 30.4 Å². The van der Waals surface area contributed by atoms with Gasteiger partial charge in [-0.1, -0.05) is 61.1 Å². The number of anilines is 1. The van der Waals surface area contributed by atoms with Gasteiger partial charge in [-0.25, -0.2) is 23.7 Å². The average Bonchev–Trinajstić information content (AvgIpc) is 3.33. The third kappa shape index (κ3) is 9.79. The molecule has 0 saturated carbocycles. The van der Waals surface area contributed by atoms with Crippen LogP contribution in [0.4, 0.5) is 5.82 Å². The molecule has 0 amide bonds. The monoisotopic (exact) mass is 662 g/mol. The van der Waals surface area contributed by atoms with E-state index >= 15 is 0 Å². The molecule has 0 spiro atoms. The molecule has 1 saturated heterocycles. The Kier molecular flexibility index (Phi) is 11.0. The predicted octanol–water partition coefficient (Wildman–Crippen LogP) is 3.89. The van der Waals surface area contributed by atoms with E-state index in [4.69, 9.17) is 29.5 Å². The molecule has 2 aromatic heterocycles. The second-order valence-electron chi connectivity index (χ2n) is 9.09. The highest BCUT2D eigenvalue weighted by Crippen LogP contribution is 2.67. The van der Waals surface area contributed by atoms with Crippen LogP contribution in [-0.2, 0) is 36.3 Å². The molecule has 0 aliphatic carbocycles. The zero-order chi connectivity index (χ0) is 29.9. The summed E-state index contributed by atoms with van der Waals surface area (Å²) in [5, 5.41) is 0.470. The summed E-state index contributed by atoms with van der Waals surface area (Å²) in [7, 11) is -13.9. The van der Waals surface area contributed by atoms with Gasteiger partial charge < -0.3 is 39.3 Å². The van der Waals surface area contributed by atoms with Crippen molar-refractivity contribution in [2.75, 3.05) is 11.7 Å². The quantitative estimate of drug-likeness (QED) is 0.0754. The first-order chi connectivity index (χ1) is 18.4. The Morgan fingerprint density at radius 2 is 1.88 bits per heavy atom. The lowest BCUT2D eigenvalue weighted by molar-refractivity contribution is -0.140. The molecule has 224 valence electrons. The molecule has 6 N–H and O–H groups in total. The van der Waals surface area contributed by atoms with E-state index in [1.165, 1.54) is 27.9 Å². The van der Waals surface area contributed by atoms with Crippen LogP contribution in [0.3, 0.4) is 0 Å². The molecule has 3 heterocycles. The normalized spacial score (nSPS) is 22.9. The Labute approximate surface area is 237 Å². The van der Waals surface area contributed by atoms with Crippen molar-refractivity contribution >= 4 is 61.9 Å². The number of aromatic nitrogens is 3. The molecule has 0 bridgehead atoms. The lowest BCUT2D eigenvalue weighted by Crippen LogP contribution is -2.26. The molecule has 0 radical (unpaired) electrons. The number of phosphoric acid groups is 3. The van der Waals surface area contributed by atoms with Gasteiger partial charge in [0, 0.05) is 23.8 Å². The summed E-state index contributed by atoms with van der Waals surface area (Å²) in [4.78, 5) is 45.4. The fourth-order valence-corrected chi connectivity index (χ4v) is 8.49. The van der Waals surface area contributed by atoms with E-state index in [1.807, 2.05) is 27.7 Å². The summed E-state index contributed by atoms with van der Waals surface area (Å²) in [6, 6.07) is 0. The molecule has 3 rings (SSSR count). The van der Waals surface area contributed by atoms with E-state index in [0.29, 0.717) is 23.0 Å². The molecular formula is C19H29N4O12P3S2. The zero-order valence-electron chi connectivity index (χ0n) is 21.6. The van der Waals surface area contributed by atoms with E-state index in [1.54, 1.807) is 10.8 Å². The van der Waals surface area contributed by atoms with Gasteiger partial charge in [-0.15, -0.1) is 0 Å². The van der Waals surface area contributed by atoms with Gasteiger partial charge >= 0.3 is 23.5 Å². The van der Waals surface area contributed by atoms with Gasteiger partial charge in [0.1, 0.15) is 36.1 Å². The smallest absolute Gasteiger partial charge is 0.383 e. The van der Waals surface area contributed by atoms with Gasteiger partial charge in [-0.2, -0.15) is 8.62 Å². The van der Waals surface area contributed by atoms with Crippen LogP contribution >= 0.6 is 45.1 Å². The lowest BCUT2D eigenvalue weighted by atomic mass is 10.2. The van der Waals surface area contributed by atoms with Crippen LogP contribution in [0.5, 0.6) is 0 Å². The molecule has 1 aliphatic rings. The molecule has 3 unspecified atom stereocenters. The average molecular weight is 663 g/mol. The number of phosphoric ester groups is 1. The summed E-state index contributed by atoms with van der Waals surface area (Å²) >= 11 is 0. The molecule has 2 aromatic rings. The van der Waals surface area contributed by atoms with Crippen molar-refractivity contribution in [2.24, 2.45) is 0 Å². The summed E-state index contributed by atoms with van der Waals surface area (Å²) in [5.41, 5.74) is 6.94. The van der Waals surface area contributed by atoms with E-state index in [9.17, 15) is 23.5 Å². The number of nitrogen functional groups attached to an aromatic ring is 1. The highest BCUT2D eigenvalue weighted by molar-refractivity contribution is 8.77. The van der Waals surface area contributed by atoms with Crippen LogP contribution in [0.25, 0.3) is 11.0 Å². The van der Waals surface area contributed by atoms with Crippen molar-refractivity contribution in [3.05, 3.63) is 18.1 Å². The molecular weight excluding hydrogens is 633 g/mol. The van der Waals surface area contributed by atoms with Crippen LogP contribution in [0, 0.1) is 11.8 Å². The van der Waals surface area contributed by atoms with Crippen molar-refractivity contribution in [2.45, 2.75) is 63.9 Å². The third-order valence-electron chi connectivity index (χ3n) is 4.67. The van der Waals surface area contributed by atoms with E-state index in [0.717, 1.165) is 0 Å². The largest absolute Gasteiger partial charge is 0.490 e. The molecule has 40 heavy (non-hydrogen) atoms. The molecule has 0 aromatic carbocycles. The minimum atomic E-state index is -5.73. The standard InChI is InChI=1S/C19H29N4O12P3S2/c1-5-6-7-12-9-23(17-15(12)16(20)21-10-22-17)14-8-13(31-11-39-40-19(2,3)4)18(32-14)33-37(27,28)35-38(29,30)34-36(24,25)26/h9-10,13-14,18H,5,8,11H2,1-4H3,(H,27,28)(H,29,30)(H2,20,21,22)(H2,24,25,26)/t13?,14-,18-/m1/s1. The highest BCUT2D eigenvalue weighted by atomic mass is 33.1. The van der Waals surface area contributed by atoms with Crippen LogP contribution in [-0.4, -0.2) is 57.2 Å². The highest BCUT2D eigenvalue weighted by Gasteiger charge is 2.47. The molecule has 1 fully saturated rings. The molecule has 1 aliphatic heterocycles. The third-order valence-corrected chi connectivity index (χ3v) is 11.5. The number of hydrogen-bond acceptors (Lipinski definition) is 13. The van der Waals surface area contributed by atoms with Gasteiger partial charge in [0.05, 0.1) is 10.9 Å². The minimum Gasteiger partial charge on any atom is -0.383 e. The maximum atomic E-state index is 12.5. The number of rotatable bonds is 11. The van der Waals surface area contributed by atoms with Crippen molar-refractivity contribution in [1.29, 1.82) is 0 Å². The molecule has 21 heteroatoms. The topological polar surface area (TPSA) is 235 Å². The predicted molar refractivity (Wildman–Crippen MR) is 147 cm³/mol. The maximum Gasteiger partial charge on any atom is 0.490 e. The van der Waals surface area contributed by atoms with E-state index < -0.39 is 42.1 Å². The lowest BCUT2D eigenvalue weighted by Gasteiger charge is -2.23. The number of ether oxygens (including phenoxy) is 2. The summed E-state index contributed by atoms with van der Waals surface area (Å²) in [6.45, 7) is 7.88. The number of nitrogens with zero attached hydrogens (tertiary/aromatic N) is 3. The van der Waals surface area contributed by atoms with Crippen molar-refractivity contribution in [3.8, 4) is 11.8 Å². The second-order valence-corrected chi connectivity index (χ2v) is 16.5. The fraction of sp³-hybridized carbons (Fsp3) is 0.579. The van der Waals surface area contributed by atoms with Gasteiger partial charge in [-0.05, 0) is 0 Å².